The second-order valence-corrected chi connectivity index (χ2v) is 9.91. The topological polar surface area (TPSA) is 82.1 Å². The van der Waals surface area contributed by atoms with Crippen molar-refractivity contribution in [2.45, 2.75) is 92.4 Å². The Morgan fingerprint density at radius 3 is 2.07 bits per heavy atom. The third-order valence-corrected chi connectivity index (χ3v) is 5.14. The average molecular weight is 426 g/mol. The van der Waals surface area contributed by atoms with Gasteiger partial charge in [0, 0.05) is 6.42 Å². The highest BCUT2D eigenvalue weighted by Crippen LogP contribution is 2.51. The third-order valence-electron chi connectivity index (χ3n) is 5.14. The zero-order chi connectivity index (χ0) is 22.8. The summed E-state index contributed by atoms with van der Waals surface area (Å²) in [5, 5.41) is 9.81. The van der Waals surface area contributed by atoms with E-state index in [0.29, 0.717) is 0 Å². The standard InChI is InChI=1S/C20H33F3O6/c1-12(20(21,22)23)28-14(24)10-19(18(5,6)7,11-17(2,3)4)16(26)29-13-8-9-27-15(13)25/h12-13,15,25H,8-11H2,1-7H3. The number of aliphatic hydroxyl groups is 1. The Morgan fingerprint density at radius 2 is 1.69 bits per heavy atom. The van der Waals surface area contributed by atoms with E-state index < -0.39 is 59.3 Å². The van der Waals surface area contributed by atoms with Crippen LogP contribution in [0.1, 0.15) is 67.7 Å². The molecule has 6 nitrogen and oxygen atoms in total. The van der Waals surface area contributed by atoms with Crippen LogP contribution in [0.2, 0.25) is 0 Å². The molecule has 0 aromatic rings. The molecule has 1 N–H and O–H groups in total. The van der Waals surface area contributed by atoms with Crippen molar-refractivity contribution >= 4 is 11.9 Å². The predicted molar refractivity (Wildman–Crippen MR) is 98.6 cm³/mol. The molecule has 1 fully saturated rings. The first-order valence-electron chi connectivity index (χ1n) is 9.66. The summed E-state index contributed by atoms with van der Waals surface area (Å²) in [4.78, 5) is 25.7. The van der Waals surface area contributed by atoms with E-state index in [1.165, 1.54) is 0 Å². The monoisotopic (exact) mass is 426 g/mol. The molecule has 0 aromatic carbocycles. The largest absolute Gasteiger partial charge is 0.456 e. The zero-order valence-electron chi connectivity index (χ0n) is 18.2. The molecule has 0 aromatic heterocycles. The Morgan fingerprint density at radius 1 is 1.14 bits per heavy atom. The van der Waals surface area contributed by atoms with Crippen LogP contribution in [0.25, 0.3) is 0 Å². The van der Waals surface area contributed by atoms with Gasteiger partial charge in [0.15, 0.2) is 18.5 Å². The van der Waals surface area contributed by atoms with E-state index in [0.717, 1.165) is 6.92 Å². The quantitative estimate of drug-likeness (QED) is 0.647. The first-order chi connectivity index (χ1) is 12.9. The lowest BCUT2D eigenvalue weighted by Crippen LogP contribution is -2.50. The number of rotatable bonds is 6. The molecule has 1 saturated heterocycles. The molecule has 1 rings (SSSR count). The molecule has 1 aliphatic heterocycles. The molecule has 0 amide bonds. The van der Waals surface area contributed by atoms with Gasteiger partial charge < -0.3 is 19.3 Å². The van der Waals surface area contributed by atoms with Gasteiger partial charge in [0.25, 0.3) is 0 Å². The predicted octanol–water partition coefficient (Wildman–Crippen LogP) is 3.99. The summed E-state index contributed by atoms with van der Waals surface area (Å²) in [6.45, 7) is 11.7. The average Bonchev–Trinajstić information content (AvgIpc) is 2.87. The fourth-order valence-corrected chi connectivity index (χ4v) is 3.42. The lowest BCUT2D eigenvalue weighted by Gasteiger charge is -2.46. The number of carbonyl (C=O) groups excluding carboxylic acids is 2. The van der Waals surface area contributed by atoms with Crippen molar-refractivity contribution in [2.75, 3.05) is 6.61 Å². The van der Waals surface area contributed by atoms with Crippen LogP contribution < -0.4 is 0 Å². The summed E-state index contributed by atoms with van der Waals surface area (Å²) >= 11 is 0. The van der Waals surface area contributed by atoms with Crippen LogP contribution in [-0.2, 0) is 23.8 Å². The van der Waals surface area contributed by atoms with Gasteiger partial charge in [-0.3, -0.25) is 9.59 Å². The van der Waals surface area contributed by atoms with E-state index in [-0.39, 0.29) is 19.4 Å². The maximum atomic E-state index is 13.3. The molecule has 0 aliphatic carbocycles. The Bertz CT molecular complexity index is 590. The lowest BCUT2D eigenvalue weighted by atomic mass is 9.58. The van der Waals surface area contributed by atoms with Crippen LogP contribution in [0, 0.1) is 16.2 Å². The highest BCUT2D eigenvalue weighted by molar-refractivity contribution is 5.84. The maximum absolute atomic E-state index is 13.3. The Kier molecular flexibility index (Phi) is 7.79. The molecule has 170 valence electrons. The van der Waals surface area contributed by atoms with Crippen molar-refractivity contribution in [3.8, 4) is 0 Å². The number of alkyl halides is 3. The van der Waals surface area contributed by atoms with Crippen LogP contribution in [0.15, 0.2) is 0 Å². The smallest absolute Gasteiger partial charge is 0.425 e. The van der Waals surface area contributed by atoms with E-state index in [2.05, 4.69) is 4.74 Å². The molecule has 1 heterocycles. The normalized spacial score (nSPS) is 24.0. The minimum atomic E-state index is -4.70. The molecule has 29 heavy (non-hydrogen) atoms. The minimum absolute atomic E-state index is 0.168. The summed E-state index contributed by atoms with van der Waals surface area (Å²) < 4.78 is 53.5. The van der Waals surface area contributed by atoms with Crippen molar-refractivity contribution in [3.63, 3.8) is 0 Å². The first-order valence-corrected chi connectivity index (χ1v) is 9.66. The van der Waals surface area contributed by atoms with Gasteiger partial charge in [-0.15, -0.1) is 0 Å². The van der Waals surface area contributed by atoms with Gasteiger partial charge >= 0.3 is 18.1 Å². The van der Waals surface area contributed by atoms with E-state index in [4.69, 9.17) is 9.47 Å². The summed E-state index contributed by atoms with van der Waals surface area (Å²) in [5.74, 6) is -1.89. The number of halogens is 3. The van der Waals surface area contributed by atoms with Crippen molar-refractivity contribution < 1.29 is 42.1 Å². The molecule has 4 atom stereocenters. The van der Waals surface area contributed by atoms with Gasteiger partial charge in [0.05, 0.1) is 18.4 Å². The number of esters is 2. The Hall–Kier alpha value is -1.35. The number of hydrogen-bond acceptors (Lipinski definition) is 6. The maximum Gasteiger partial charge on any atom is 0.425 e. The van der Waals surface area contributed by atoms with Crippen LogP contribution in [0.4, 0.5) is 13.2 Å². The fourth-order valence-electron chi connectivity index (χ4n) is 3.42. The van der Waals surface area contributed by atoms with Gasteiger partial charge in [-0.1, -0.05) is 41.5 Å². The van der Waals surface area contributed by atoms with Gasteiger partial charge in [-0.05, 0) is 24.2 Å². The van der Waals surface area contributed by atoms with Crippen LogP contribution >= 0.6 is 0 Å². The highest BCUT2D eigenvalue weighted by atomic mass is 19.4. The van der Waals surface area contributed by atoms with Gasteiger partial charge in [0.2, 0.25) is 0 Å². The number of carbonyl (C=O) groups is 2. The van der Waals surface area contributed by atoms with Gasteiger partial charge in [-0.25, -0.2) is 0 Å². The van der Waals surface area contributed by atoms with Crippen molar-refractivity contribution in [3.05, 3.63) is 0 Å². The molecular formula is C20H33F3O6. The van der Waals surface area contributed by atoms with E-state index in [1.807, 2.05) is 20.8 Å². The molecule has 0 bridgehead atoms. The van der Waals surface area contributed by atoms with Gasteiger partial charge in [-0.2, -0.15) is 13.2 Å². The van der Waals surface area contributed by atoms with Crippen molar-refractivity contribution in [1.82, 2.24) is 0 Å². The summed E-state index contributed by atoms with van der Waals surface area (Å²) in [6, 6.07) is 0. The Labute approximate surface area is 170 Å². The number of ether oxygens (including phenoxy) is 3. The third kappa shape index (κ3) is 6.84. The van der Waals surface area contributed by atoms with Crippen LogP contribution in [0.5, 0.6) is 0 Å². The SMILES string of the molecule is CC(OC(=O)CC(CC(C)(C)C)(C(=O)OC1CCOC1O)C(C)(C)C)C(F)(F)F. The molecule has 0 saturated carbocycles. The fraction of sp³-hybridized carbons (Fsp3) is 0.900. The molecule has 1 aliphatic rings. The second kappa shape index (κ2) is 8.79. The summed E-state index contributed by atoms with van der Waals surface area (Å²) in [7, 11) is 0. The highest BCUT2D eigenvalue weighted by Gasteiger charge is 2.55. The number of aliphatic hydroxyl groups excluding tert-OH is 1. The lowest BCUT2D eigenvalue weighted by molar-refractivity contribution is -0.220. The van der Waals surface area contributed by atoms with E-state index >= 15 is 0 Å². The first kappa shape index (κ1) is 25.7. The summed E-state index contributed by atoms with van der Waals surface area (Å²) in [5.41, 5.74) is -2.76. The molecule has 4 unspecified atom stereocenters. The van der Waals surface area contributed by atoms with Crippen LogP contribution in [-0.4, -0.2) is 48.3 Å². The minimum Gasteiger partial charge on any atom is -0.456 e. The summed E-state index contributed by atoms with van der Waals surface area (Å²) in [6.07, 6.45) is -9.27. The Balaban J connectivity index is 3.23. The second-order valence-electron chi connectivity index (χ2n) is 9.91. The van der Waals surface area contributed by atoms with Crippen LogP contribution in [0.3, 0.4) is 0 Å². The van der Waals surface area contributed by atoms with E-state index in [1.54, 1.807) is 20.8 Å². The van der Waals surface area contributed by atoms with Crippen molar-refractivity contribution in [1.29, 1.82) is 0 Å². The molecule has 9 heteroatoms. The number of hydrogen-bond donors (Lipinski definition) is 1. The molecule has 0 spiro atoms. The van der Waals surface area contributed by atoms with Gasteiger partial charge in [0.1, 0.15) is 0 Å². The van der Waals surface area contributed by atoms with E-state index in [9.17, 15) is 27.9 Å². The molecular weight excluding hydrogens is 393 g/mol. The molecule has 0 radical (unpaired) electrons. The van der Waals surface area contributed by atoms with Crippen molar-refractivity contribution in [2.24, 2.45) is 16.2 Å². The zero-order valence-corrected chi connectivity index (χ0v) is 18.2.